The van der Waals surface area contributed by atoms with Gasteiger partial charge in [-0.3, -0.25) is 4.18 Å². The van der Waals surface area contributed by atoms with Gasteiger partial charge in [-0.2, -0.15) is 34.8 Å². The maximum atomic E-state index is 12.4. The molecule has 0 fully saturated rings. The SMILES string of the molecule is O=S(=O)(OCC1(C(F)(F)F)OC=CO1)C(F)(F)F. The van der Waals surface area contributed by atoms with Crippen LogP contribution < -0.4 is 0 Å². The molecule has 0 atom stereocenters. The van der Waals surface area contributed by atoms with Crippen LogP contribution in [0.25, 0.3) is 0 Å². The lowest BCUT2D eigenvalue weighted by atomic mass is 10.3. The molecule has 106 valence electrons. The fourth-order valence-electron chi connectivity index (χ4n) is 0.809. The molecular weight excluding hydrogens is 298 g/mol. The van der Waals surface area contributed by atoms with Gasteiger partial charge in [0.25, 0.3) is 0 Å². The van der Waals surface area contributed by atoms with Gasteiger partial charge in [-0.1, -0.05) is 0 Å². The highest BCUT2D eigenvalue weighted by Gasteiger charge is 2.63. The first-order valence-corrected chi connectivity index (χ1v) is 5.35. The van der Waals surface area contributed by atoms with Gasteiger partial charge in [0.1, 0.15) is 12.5 Å². The van der Waals surface area contributed by atoms with Crippen LogP contribution in [0.15, 0.2) is 12.5 Å². The zero-order valence-corrected chi connectivity index (χ0v) is 8.90. The Hall–Kier alpha value is -1.17. The Morgan fingerprint density at radius 3 is 1.83 bits per heavy atom. The molecule has 0 aromatic rings. The average molecular weight is 302 g/mol. The van der Waals surface area contributed by atoms with Crippen molar-refractivity contribution in [3.63, 3.8) is 0 Å². The Kier molecular flexibility index (Phi) is 3.46. The van der Waals surface area contributed by atoms with Crippen LogP contribution in [0.1, 0.15) is 0 Å². The van der Waals surface area contributed by atoms with Gasteiger partial charge in [0.05, 0.1) is 0 Å². The standard InChI is InChI=1S/C6H4F6O5S/c7-5(8,9)4(15-1-2-16-4)3-17-18(13,14)6(10,11)12/h1-2H,3H2. The summed E-state index contributed by atoms with van der Waals surface area (Å²) in [6, 6.07) is 0. The summed E-state index contributed by atoms with van der Waals surface area (Å²) in [4.78, 5) is 0. The van der Waals surface area contributed by atoms with Gasteiger partial charge in [0, 0.05) is 0 Å². The Morgan fingerprint density at radius 1 is 1.06 bits per heavy atom. The fraction of sp³-hybridized carbons (Fsp3) is 0.667. The molecule has 0 aromatic carbocycles. The van der Waals surface area contributed by atoms with Crippen molar-refractivity contribution >= 4 is 10.1 Å². The molecule has 0 spiro atoms. The third-order valence-corrected chi connectivity index (χ3v) is 2.69. The van der Waals surface area contributed by atoms with Crippen LogP contribution in [0.5, 0.6) is 0 Å². The van der Waals surface area contributed by atoms with E-state index in [0.29, 0.717) is 12.5 Å². The predicted octanol–water partition coefficient (Wildman–Crippen LogP) is 1.63. The number of hydrogen-bond acceptors (Lipinski definition) is 5. The van der Waals surface area contributed by atoms with Crippen LogP contribution in [0.4, 0.5) is 26.3 Å². The number of rotatable bonds is 3. The molecule has 0 unspecified atom stereocenters. The van der Waals surface area contributed by atoms with Gasteiger partial charge in [-0.05, 0) is 0 Å². The molecule has 1 rings (SSSR count). The molecule has 0 bridgehead atoms. The first-order valence-electron chi connectivity index (χ1n) is 3.94. The van der Waals surface area contributed by atoms with Gasteiger partial charge in [-0.15, -0.1) is 0 Å². The Bertz CT molecular complexity index is 426. The van der Waals surface area contributed by atoms with Crippen LogP contribution >= 0.6 is 0 Å². The second kappa shape index (κ2) is 4.19. The van der Waals surface area contributed by atoms with E-state index >= 15 is 0 Å². The van der Waals surface area contributed by atoms with Crippen molar-refractivity contribution in [3.8, 4) is 0 Å². The monoisotopic (exact) mass is 302 g/mol. The van der Waals surface area contributed by atoms with Crippen LogP contribution in [-0.4, -0.2) is 32.5 Å². The average Bonchev–Trinajstić information content (AvgIpc) is 2.61. The molecule has 0 aromatic heterocycles. The fourth-order valence-corrected chi connectivity index (χ4v) is 1.25. The molecule has 1 heterocycles. The van der Waals surface area contributed by atoms with Crippen molar-refractivity contribution in [2.75, 3.05) is 6.61 Å². The van der Waals surface area contributed by atoms with Crippen molar-refractivity contribution < 1.29 is 48.4 Å². The molecule has 12 heteroatoms. The summed E-state index contributed by atoms with van der Waals surface area (Å²) in [5.74, 6) is -3.61. The maximum absolute atomic E-state index is 12.4. The quantitative estimate of drug-likeness (QED) is 0.450. The van der Waals surface area contributed by atoms with E-state index in [1.807, 2.05) is 0 Å². The first kappa shape index (κ1) is 14.9. The molecule has 0 saturated heterocycles. The second-order valence-corrected chi connectivity index (χ2v) is 4.53. The van der Waals surface area contributed by atoms with Crippen LogP contribution in [-0.2, 0) is 23.8 Å². The van der Waals surface area contributed by atoms with E-state index in [2.05, 4.69) is 13.7 Å². The molecule has 1 aliphatic rings. The summed E-state index contributed by atoms with van der Waals surface area (Å²) < 4.78 is 105. The highest BCUT2D eigenvalue weighted by atomic mass is 32.2. The van der Waals surface area contributed by atoms with Crippen molar-refractivity contribution in [2.24, 2.45) is 0 Å². The molecule has 0 radical (unpaired) electrons. The summed E-state index contributed by atoms with van der Waals surface area (Å²) >= 11 is 0. The normalized spacial score (nSPS) is 19.4. The Morgan fingerprint density at radius 2 is 1.50 bits per heavy atom. The van der Waals surface area contributed by atoms with E-state index in [-0.39, 0.29) is 0 Å². The van der Waals surface area contributed by atoms with Crippen molar-refractivity contribution in [1.29, 1.82) is 0 Å². The first-order chi connectivity index (χ1) is 7.91. The zero-order valence-electron chi connectivity index (χ0n) is 8.08. The van der Waals surface area contributed by atoms with Crippen molar-refractivity contribution in [3.05, 3.63) is 12.5 Å². The summed E-state index contributed by atoms with van der Waals surface area (Å²) in [5, 5.41) is 0. The van der Waals surface area contributed by atoms with Gasteiger partial charge in [0.15, 0.2) is 6.61 Å². The van der Waals surface area contributed by atoms with E-state index in [1.165, 1.54) is 0 Å². The van der Waals surface area contributed by atoms with E-state index in [0.717, 1.165) is 0 Å². The number of halogens is 6. The molecule has 0 N–H and O–H groups in total. The zero-order chi connectivity index (χ0) is 14.2. The lowest BCUT2D eigenvalue weighted by molar-refractivity contribution is -0.343. The van der Waals surface area contributed by atoms with Gasteiger partial charge >= 0.3 is 27.6 Å². The largest absolute Gasteiger partial charge is 0.523 e. The Balaban J connectivity index is 2.84. The van der Waals surface area contributed by atoms with Crippen molar-refractivity contribution in [2.45, 2.75) is 17.5 Å². The smallest absolute Gasteiger partial charge is 0.448 e. The number of alkyl halides is 6. The molecule has 1 aliphatic heterocycles. The molecule has 0 amide bonds. The molecule has 5 nitrogen and oxygen atoms in total. The van der Waals surface area contributed by atoms with Gasteiger partial charge in [-0.25, -0.2) is 0 Å². The minimum atomic E-state index is -6.17. The lowest BCUT2D eigenvalue weighted by Gasteiger charge is -2.28. The number of hydrogen-bond donors (Lipinski definition) is 0. The highest BCUT2D eigenvalue weighted by Crippen LogP contribution is 2.39. The van der Waals surface area contributed by atoms with Gasteiger partial charge < -0.3 is 9.47 Å². The van der Waals surface area contributed by atoms with E-state index in [9.17, 15) is 34.8 Å². The maximum Gasteiger partial charge on any atom is 0.523 e. The summed E-state index contributed by atoms with van der Waals surface area (Å²) in [6.45, 7) is -2.02. The number of ether oxygens (including phenoxy) is 2. The minimum Gasteiger partial charge on any atom is -0.448 e. The molecule has 0 aliphatic carbocycles. The van der Waals surface area contributed by atoms with E-state index in [1.54, 1.807) is 0 Å². The molecule has 0 saturated carbocycles. The summed E-state index contributed by atoms with van der Waals surface area (Å²) in [7, 11) is -6.17. The highest BCUT2D eigenvalue weighted by molar-refractivity contribution is 7.87. The third-order valence-electron chi connectivity index (χ3n) is 1.69. The topological polar surface area (TPSA) is 61.8 Å². The Labute approximate surface area is 96.0 Å². The second-order valence-electron chi connectivity index (χ2n) is 2.92. The van der Waals surface area contributed by atoms with Crippen LogP contribution in [0.3, 0.4) is 0 Å². The van der Waals surface area contributed by atoms with Crippen LogP contribution in [0.2, 0.25) is 0 Å². The van der Waals surface area contributed by atoms with Gasteiger partial charge in [0.2, 0.25) is 0 Å². The van der Waals surface area contributed by atoms with E-state index in [4.69, 9.17) is 0 Å². The molecule has 18 heavy (non-hydrogen) atoms. The lowest BCUT2D eigenvalue weighted by Crippen LogP contribution is -2.51. The summed E-state index contributed by atoms with van der Waals surface area (Å²) in [5.41, 5.74) is -5.84. The van der Waals surface area contributed by atoms with Crippen LogP contribution in [0, 0.1) is 0 Å². The van der Waals surface area contributed by atoms with Crippen molar-refractivity contribution in [1.82, 2.24) is 0 Å². The molecular formula is C6H4F6O5S. The summed E-state index contributed by atoms with van der Waals surface area (Å²) in [6.07, 6.45) is -4.49. The van der Waals surface area contributed by atoms with E-state index < -0.39 is 34.2 Å². The minimum absolute atomic E-state index is 0.400. The predicted molar refractivity (Wildman–Crippen MR) is 41.0 cm³/mol. The third kappa shape index (κ3) is 2.63.